The van der Waals surface area contributed by atoms with Crippen LogP contribution in [0.2, 0.25) is 0 Å². The lowest BCUT2D eigenvalue weighted by Gasteiger charge is -2.26. The Balaban J connectivity index is 1.51. The molecule has 5 nitrogen and oxygen atoms in total. The molecule has 0 spiro atoms. The van der Waals surface area contributed by atoms with E-state index >= 15 is 0 Å². The highest BCUT2D eigenvalue weighted by Gasteiger charge is 2.13. The fourth-order valence-electron chi connectivity index (χ4n) is 3.29. The van der Waals surface area contributed by atoms with Gasteiger partial charge in [0.2, 0.25) is 5.95 Å². The van der Waals surface area contributed by atoms with Gasteiger partial charge in [0.25, 0.3) is 5.91 Å². The summed E-state index contributed by atoms with van der Waals surface area (Å²) in [6, 6.07) is 17.0. The summed E-state index contributed by atoms with van der Waals surface area (Å²) < 4.78 is 0. The Morgan fingerprint density at radius 2 is 1.59 bits per heavy atom. The molecular weight excluding hydrogens is 336 g/mol. The SMILES string of the molecule is O=C(Nc1ccccc1)c1cccc(-c2cnc(N3CCCCC3)nc2)c1. The summed E-state index contributed by atoms with van der Waals surface area (Å²) in [5.41, 5.74) is 3.23. The van der Waals surface area contributed by atoms with Gasteiger partial charge in [-0.05, 0) is 49.1 Å². The molecule has 0 bridgehead atoms. The molecule has 27 heavy (non-hydrogen) atoms. The lowest BCUT2D eigenvalue weighted by molar-refractivity contribution is 0.102. The van der Waals surface area contributed by atoms with Crippen LogP contribution >= 0.6 is 0 Å². The maximum absolute atomic E-state index is 12.5. The Hall–Kier alpha value is -3.21. The van der Waals surface area contributed by atoms with Crippen LogP contribution in [0.15, 0.2) is 67.0 Å². The van der Waals surface area contributed by atoms with E-state index in [2.05, 4.69) is 20.2 Å². The van der Waals surface area contributed by atoms with Crippen LogP contribution in [0.25, 0.3) is 11.1 Å². The molecule has 0 aliphatic carbocycles. The van der Waals surface area contributed by atoms with Crippen molar-refractivity contribution in [2.24, 2.45) is 0 Å². The summed E-state index contributed by atoms with van der Waals surface area (Å²) in [7, 11) is 0. The van der Waals surface area contributed by atoms with Gasteiger partial charge in [-0.15, -0.1) is 0 Å². The van der Waals surface area contributed by atoms with E-state index < -0.39 is 0 Å². The summed E-state index contributed by atoms with van der Waals surface area (Å²) in [6.45, 7) is 2.04. The van der Waals surface area contributed by atoms with Gasteiger partial charge in [0.15, 0.2) is 0 Å². The molecule has 1 aliphatic rings. The van der Waals surface area contributed by atoms with Crippen molar-refractivity contribution in [2.75, 3.05) is 23.3 Å². The van der Waals surface area contributed by atoms with Crippen molar-refractivity contribution < 1.29 is 4.79 Å². The normalized spacial score (nSPS) is 14.0. The highest BCUT2D eigenvalue weighted by molar-refractivity contribution is 6.04. The molecule has 5 heteroatoms. The maximum atomic E-state index is 12.5. The number of nitrogens with zero attached hydrogens (tertiary/aromatic N) is 3. The second-order valence-electron chi connectivity index (χ2n) is 6.72. The molecule has 2 heterocycles. The number of hydrogen-bond donors (Lipinski definition) is 1. The molecule has 1 saturated heterocycles. The molecular formula is C22H22N4O. The lowest BCUT2D eigenvalue weighted by atomic mass is 10.1. The van der Waals surface area contributed by atoms with Gasteiger partial charge >= 0.3 is 0 Å². The average Bonchev–Trinajstić information content (AvgIpc) is 2.75. The van der Waals surface area contributed by atoms with E-state index in [4.69, 9.17) is 0 Å². The summed E-state index contributed by atoms with van der Waals surface area (Å²) in [5, 5.41) is 2.91. The van der Waals surface area contributed by atoms with Crippen molar-refractivity contribution in [1.29, 1.82) is 0 Å². The van der Waals surface area contributed by atoms with Gasteiger partial charge in [-0.2, -0.15) is 0 Å². The van der Waals surface area contributed by atoms with E-state index in [1.165, 1.54) is 19.3 Å². The first kappa shape index (κ1) is 17.2. The predicted molar refractivity (Wildman–Crippen MR) is 108 cm³/mol. The maximum Gasteiger partial charge on any atom is 0.255 e. The number of para-hydroxylation sites is 1. The van der Waals surface area contributed by atoms with Crippen LogP contribution in [0.3, 0.4) is 0 Å². The summed E-state index contributed by atoms with van der Waals surface area (Å²) in [6.07, 6.45) is 7.36. The largest absolute Gasteiger partial charge is 0.341 e. The van der Waals surface area contributed by atoms with Crippen LogP contribution < -0.4 is 10.2 Å². The highest BCUT2D eigenvalue weighted by atomic mass is 16.1. The van der Waals surface area contributed by atoms with E-state index in [0.717, 1.165) is 35.9 Å². The van der Waals surface area contributed by atoms with Crippen LogP contribution in [-0.2, 0) is 0 Å². The first-order chi connectivity index (χ1) is 13.3. The van der Waals surface area contributed by atoms with Crippen LogP contribution in [0.5, 0.6) is 0 Å². The van der Waals surface area contributed by atoms with Gasteiger partial charge in [-0.3, -0.25) is 4.79 Å². The van der Waals surface area contributed by atoms with Crippen molar-refractivity contribution in [3.63, 3.8) is 0 Å². The number of nitrogens with one attached hydrogen (secondary N) is 1. The number of hydrogen-bond acceptors (Lipinski definition) is 4. The van der Waals surface area contributed by atoms with Gasteiger partial charge < -0.3 is 10.2 Å². The van der Waals surface area contributed by atoms with Crippen LogP contribution in [0, 0.1) is 0 Å². The van der Waals surface area contributed by atoms with Gasteiger partial charge in [0, 0.05) is 42.3 Å². The second-order valence-corrected chi connectivity index (χ2v) is 6.72. The fraction of sp³-hybridized carbons (Fsp3) is 0.227. The molecule has 3 aromatic rings. The quantitative estimate of drug-likeness (QED) is 0.752. The fourth-order valence-corrected chi connectivity index (χ4v) is 3.29. The van der Waals surface area contributed by atoms with Crippen molar-refractivity contribution in [3.8, 4) is 11.1 Å². The zero-order chi connectivity index (χ0) is 18.5. The molecule has 0 atom stereocenters. The number of aromatic nitrogens is 2. The van der Waals surface area contributed by atoms with Crippen LogP contribution in [-0.4, -0.2) is 29.0 Å². The number of piperidine rings is 1. The Morgan fingerprint density at radius 1 is 0.852 bits per heavy atom. The minimum Gasteiger partial charge on any atom is -0.341 e. The Labute approximate surface area is 159 Å². The number of rotatable bonds is 4. The molecule has 0 unspecified atom stereocenters. The molecule has 1 fully saturated rings. The molecule has 1 N–H and O–H groups in total. The summed E-state index contributed by atoms with van der Waals surface area (Å²) >= 11 is 0. The molecule has 4 rings (SSSR count). The third kappa shape index (κ3) is 4.14. The number of amides is 1. The van der Waals surface area contributed by atoms with E-state index in [1.807, 2.05) is 67.0 Å². The number of anilines is 2. The van der Waals surface area contributed by atoms with Crippen molar-refractivity contribution >= 4 is 17.5 Å². The zero-order valence-corrected chi connectivity index (χ0v) is 15.1. The third-order valence-corrected chi connectivity index (χ3v) is 4.77. The standard InChI is InChI=1S/C22H22N4O/c27-21(25-20-10-3-1-4-11-20)18-9-7-8-17(14-18)19-15-23-22(24-16-19)26-12-5-2-6-13-26/h1,3-4,7-11,14-16H,2,5-6,12-13H2,(H,25,27). The molecule has 1 amide bonds. The zero-order valence-electron chi connectivity index (χ0n) is 15.1. The third-order valence-electron chi connectivity index (χ3n) is 4.77. The van der Waals surface area contributed by atoms with E-state index in [1.54, 1.807) is 0 Å². The van der Waals surface area contributed by atoms with Crippen molar-refractivity contribution in [3.05, 3.63) is 72.6 Å². The van der Waals surface area contributed by atoms with Gasteiger partial charge in [0.1, 0.15) is 0 Å². The van der Waals surface area contributed by atoms with E-state index in [-0.39, 0.29) is 5.91 Å². The van der Waals surface area contributed by atoms with Gasteiger partial charge in [-0.25, -0.2) is 9.97 Å². The summed E-state index contributed by atoms with van der Waals surface area (Å²) in [5.74, 6) is 0.658. The van der Waals surface area contributed by atoms with E-state index in [0.29, 0.717) is 5.56 Å². The first-order valence-corrected chi connectivity index (χ1v) is 9.33. The Kier molecular flexibility index (Phi) is 5.10. The number of benzene rings is 2. The molecule has 1 aromatic heterocycles. The molecule has 0 radical (unpaired) electrons. The Bertz CT molecular complexity index is 903. The van der Waals surface area contributed by atoms with Crippen LogP contribution in [0.4, 0.5) is 11.6 Å². The monoisotopic (exact) mass is 358 g/mol. The second kappa shape index (κ2) is 7.99. The molecule has 0 saturated carbocycles. The van der Waals surface area contributed by atoms with E-state index in [9.17, 15) is 4.79 Å². The smallest absolute Gasteiger partial charge is 0.255 e. The minimum atomic E-state index is -0.131. The topological polar surface area (TPSA) is 58.1 Å². The minimum absolute atomic E-state index is 0.131. The van der Waals surface area contributed by atoms with Crippen molar-refractivity contribution in [2.45, 2.75) is 19.3 Å². The molecule has 2 aromatic carbocycles. The van der Waals surface area contributed by atoms with Gasteiger partial charge in [0.05, 0.1) is 0 Å². The molecule has 1 aliphatic heterocycles. The first-order valence-electron chi connectivity index (χ1n) is 9.33. The Morgan fingerprint density at radius 3 is 2.33 bits per heavy atom. The van der Waals surface area contributed by atoms with Crippen molar-refractivity contribution in [1.82, 2.24) is 9.97 Å². The molecule has 136 valence electrons. The summed E-state index contributed by atoms with van der Waals surface area (Å²) in [4.78, 5) is 23.8. The number of carbonyl (C=O) groups excluding carboxylic acids is 1. The lowest BCUT2D eigenvalue weighted by Crippen LogP contribution is -2.30. The number of carbonyl (C=O) groups is 1. The predicted octanol–water partition coefficient (Wildman–Crippen LogP) is 4.39. The van der Waals surface area contributed by atoms with Gasteiger partial charge in [-0.1, -0.05) is 30.3 Å². The van der Waals surface area contributed by atoms with Crippen LogP contribution in [0.1, 0.15) is 29.6 Å². The average molecular weight is 358 g/mol. The highest BCUT2D eigenvalue weighted by Crippen LogP contribution is 2.22.